The second-order valence-corrected chi connectivity index (χ2v) is 3.94. The molecule has 0 aliphatic carbocycles. The van der Waals surface area contributed by atoms with Gasteiger partial charge in [0.05, 0.1) is 0 Å². The second kappa shape index (κ2) is 6.78. The van der Waals surface area contributed by atoms with E-state index in [1.54, 1.807) is 24.1 Å². The van der Waals surface area contributed by atoms with Crippen LogP contribution < -0.4 is 0 Å². The maximum Gasteiger partial charge on any atom is 0.222 e. The summed E-state index contributed by atoms with van der Waals surface area (Å²) in [6.07, 6.45) is 2.18. The number of rotatable bonds is 6. The van der Waals surface area contributed by atoms with Gasteiger partial charge in [-0.2, -0.15) is 0 Å². The molecule has 1 aromatic rings. The van der Waals surface area contributed by atoms with Gasteiger partial charge in [0.1, 0.15) is 12.1 Å². The molecule has 92 valence electrons. The zero-order valence-electron chi connectivity index (χ0n) is 9.86. The molecule has 0 spiro atoms. The monoisotopic (exact) mass is 237 g/mol. The molecule has 0 heterocycles. The SMILES string of the molecule is CN(Cc1ccc(F)cc1)C(=O)CCCC=O. The Labute approximate surface area is 100 Å². The lowest BCUT2D eigenvalue weighted by molar-refractivity contribution is -0.130. The van der Waals surface area contributed by atoms with Crippen molar-refractivity contribution in [2.45, 2.75) is 25.8 Å². The van der Waals surface area contributed by atoms with Gasteiger partial charge in [0, 0.05) is 26.4 Å². The summed E-state index contributed by atoms with van der Waals surface area (Å²) >= 11 is 0. The molecule has 0 N–H and O–H groups in total. The standard InChI is InChI=1S/C13H16FNO2/c1-15(13(17)4-2-3-9-16)10-11-5-7-12(14)8-6-11/h5-9H,2-4,10H2,1H3. The number of carbonyl (C=O) groups excluding carboxylic acids is 2. The Morgan fingerprint density at radius 1 is 1.35 bits per heavy atom. The summed E-state index contributed by atoms with van der Waals surface area (Å²) in [6.45, 7) is 0.459. The molecule has 17 heavy (non-hydrogen) atoms. The maximum atomic E-state index is 12.7. The Balaban J connectivity index is 2.42. The molecule has 0 fully saturated rings. The Morgan fingerprint density at radius 3 is 2.59 bits per heavy atom. The summed E-state index contributed by atoms with van der Waals surface area (Å²) in [5, 5.41) is 0. The predicted molar refractivity (Wildman–Crippen MR) is 62.8 cm³/mol. The largest absolute Gasteiger partial charge is 0.341 e. The first-order valence-corrected chi connectivity index (χ1v) is 5.55. The summed E-state index contributed by atoms with van der Waals surface area (Å²) in [4.78, 5) is 23.3. The average Bonchev–Trinajstić information content (AvgIpc) is 2.32. The van der Waals surface area contributed by atoms with Gasteiger partial charge in [-0.15, -0.1) is 0 Å². The lowest BCUT2D eigenvalue weighted by Crippen LogP contribution is -2.25. The third kappa shape index (κ3) is 4.76. The van der Waals surface area contributed by atoms with Gasteiger partial charge in [0.15, 0.2) is 0 Å². The van der Waals surface area contributed by atoms with Crippen molar-refractivity contribution in [2.24, 2.45) is 0 Å². The fraction of sp³-hybridized carbons (Fsp3) is 0.385. The van der Waals surface area contributed by atoms with Crippen molar-refractivity contribution in [2.75, 3.05) is 7.05 Å². The van der Waals surface area contributed by atoms with E-state index in [9.17, 15) is 14.0 Å². The van der Waals surface area contributed by atoms with Crippen molar-refractivity contribution >= 4 is 12.2 Å². The number of nitrogens with zero attached hydrogens (tertiary/aromatic N) is 1. The number of amides is 1. The normalized spacial score (nSPS) is 10.0. The van der Waals surface area contributed by atoms with E-state index in [1.165, 1.54) is 12.1 Å². The average molecular weight is 237 g/mol. The first-order chi connectivity index (χ1) is 8.13. The zero-order chi connectivity index (χ0) is 12.7. The molecular weight excluding hydrogens is 221 g/mol. The lowest BCUT2D eigenvalue weighted by atomic mass is 10.2. The molecule has 0 radical (unpaired) electrons. The molecule has 0 aromatic heterocycles. The summed E-state index contributed by atoms with van der Waals surface area (Å²) in [5.41, 5.74) is 0.887. The molecule has 3 nitrogen and oxygen atoms in total. The first kappa shape index (κ1) is 13.4. The number of hydrogen-bond acceptors (Lipinski definition) is 2. The number of unbranched alkanes of at least 4 members (excludes halogenated alkanes) is 1. The van der Waals surface area contributed by atoms with Gasteiger partial charge >= 0.3 is 0 Å². The van der Waals surface area contributed by atoms with Crippen LogP contribution in [0, 0.1) is 5.82 Å². The van der Waals surface area contributed by atoms with Crippen LogP contribution in [-0.2, 0) is 16.1 Å². The van der Waals surface area contributed by atoms with Crippen LogP contribution in [0.5, 0.6) is 0 Å². The van der Waals surface area contributed by atoms with E-state index in [-0.39, 0.29) is 11.7 Å². The number of halogens is 1. The van der Waals surface area contributed by atoms with Gasteiger partial charge in [-0.3, -0.25) is 4.79 Å². The van der Waals surface area contributed by atoms with Crippen LogP contribution in [0.1, 0.15) is 24.8 Å². The Morgan fingerprint density at radius 2 is 2.00 bits per heavy atom. The fourth-order valence-corrected chi connectivity index (χ4v) is 1.48. The van der Waals surface area contributed by atoms with Gasteiger partial charge in [0.25, 0.3) is 0 Å². The third-order valence-corrected chi connectivity index (χ3v) is 2.47. The van der Waals surface area contributed by atoms with Crippen molar-refractivity contribution in [3.05, 3.63) is 35.6 Å². The molecule has 1 amide bonds. The van der Waals surface area contributed by atoms with E-state index in [0.29, 0.717) is 25.8 Å². The van der Waals surface area contributed by atoms with Crippen molar-refractivity contribution in [1.29, 1.82) is 0 Å². The highest BCUT2D eigenvalue weighted by atomic mass is 19.1. The smallest absolute Gasteiger partial charge is 0.222 e. The number of carbonyl (C=O) groups is 2. The highest BCUT2D eigenvalue weighted by Gasteiger charge is 2.08. The Bertz CT molecular complexity index is 376. The summed E-state index contributed by atoms with van der Waals surface area (Å²) < 4.78 is 12.7. The molecule has 0 atom stereocenters. The minimum atomic E-state index is -0.284. The van der Waals surface area contributed by atoms with Crippen LogP contribution in [0.4, 0.5) is 4.39 Å². The molecule has 0 aliphatic heterocycles. The first-order valence-electron chi connectivity index (χ1n) is 5.55. The fourth-order valence-electron chi connectivity index (χ4n) is 1.48. The minimum Gasteiger partial charge on any atom is -0.341 e. The molecule has 1 rings (SSSR count). The summed E-state index contributed by atoms with van der Waals surface area (Å²) in [5.74, 6) is -0.287. The highest BCUT2D eigenvalue weighted by Crippen LogP contribution is 2.07. The van der Waals surface area contributed by atoms with E-state index in [1.807, 2.05) is 0 Å². The molecule has 4 heteroatoms. The maximum absolute atomic E-state index is 12.7. The van der Waals surface area contributed by atoms with Crippen LogP contribution in [0.2, 0.25) is 0 Å². The van der Waals surface area contributed by atoms with Gasteiger partial charge in [-0.25, -0.2) is 4.39 Å². The molecular formula is C13H16FNO2. The lowest BCUT2D eigenvalue weighted by Gasteiger charge is -2.17. The van der Waals surface area contributed by atoms with Crippen LogP contribution >= 0.6 is 0 Å². The quantitative estimate of drug-likeness (QED) is 0.561. The number of benzene rings is 1. The van der Waals surface area contributed by atoms with E-state index in [4.69, 9.17) is 0 Å². The van der Waals surface area contributed by atoms with Crippen LogP contribution in [0.15, 0.2) is 24.3 Å². The second-order valence-electron chi connectivity index (χ2n) is 3.94. The Kier molecular flexibility index (Phi) is 5.33. The molecule has 0 aliphatic rings. The topological polar surface area (TPSA) is 37.4 Å². The third-order valence-electron chi connectivity index (χ3n) is 2.47. The van der Waals surface area contributed by atoms with E-state index in [2.05, 4.69) is 0 Å². The predicted octanol–water partition coefficient (Wildman–Crippen LogP) is 2.15. The molecule has 0 unspecified atom stereocenters. The molecule has 0 bridgehead atoms. The van der Waals surface area contributed by atoms with E-state index < -0.39 is 0 Å². The van der Waals surface area contributed by atoms with Gasteiger partial charge in [-0.1, -0.05) is 12.1 Å². The highest BCUT2D eigenvalue weighted by molar-refractivity contribution is 5.76. The Hall–Kier alpha value is -1.71. The van der Waals surface area contributed by atoms with Crippen LogP contribution in [0.25, 0.3) is 0 Å². The van der Waals surface area contributed by atoms with Gasteiger partial charge in [0.2, 0.25) is 5.91 Å². The molecule has 0 saturated heterocycles. The number of hydrogen-bond donors (Lipinski definition) is 0. The molecule has 0 saturated carbocycles. The van der Waals surface area contributed by atoms with Crippen molar-refractivity contribution in [3.63, 3.8) is 0 Å². The number of aldehydes is 1. The van der Waals surface area contributed by atoms with Gasteiger partial charge in [-0.05, 0) is 24.1 Å². The van der Waals surface area contributed by atoms with Crippen LogP contribution in [0.3, 0.4) is 0 Å². The molecule has 1 aromatic carbocycles. The van der Waals surface area contributed by atoms with E-state index >= 15 is 0 Å². The summed E-state index contributed by atoms with van der Waals surface area (Å²) in [7, 11) is 1.70. The zero-order valence-corrected chi connectivity index (χ0v) is 9.86. The van der Waals surface area contributed by atoms with Crippen molar-refractivity contribution in [3.8, 4) is 0 Å². The van der Waals surface area contributed by atoms with E-state index in [0.717, 1.165) is 11.8 Å². The van der Waals surface area contributed by atoms with Crippen LogP contribution in [-0.4, -0.2) is 24.1 Å². The summed E-state index contributed by atoms with van der Waals surface area (Å²) in [6, 6.07) is 6.06. The van der Waals surface area contributed by atoms with Crippen molar-refractivity contribution in [1.82, 2.24) is 4.90 Å². The van der Waals surface area contributed by atoms with Gasteiger partial charge < -0.3 is 9.69 Å². The minimum absolute atomic E-state index is 0.00354. The van der Waals surface area contributed by atoms with Crippen molar-refractivity contribution < 1.29 is 14.0 Å².